The predicted molar refractivity (Wildman–Crippen MR) is 83.3 cm³/mol. The zero-order valence-electron chi connectivity index (χ0n) is 13.0. The number of aryl methyl sites for hydroxylation is 1. The van der Waals surface area contributed by atoms with Gasteiger partial charge in [0, 0.05) is 26.9 Å². The van der Waals surface area contributed by atoms with Crippen molar-refractivity contribution in [3.05, 3.63) is 24.0 Å². The van der Waals surface area contributed by atoms with Crippen LogP contribution in [0, 0.1) is 12.8 Å². The van der Waals surface area contributed by atoms with E-state index >= 15 is 0 Å². The number of fused-ring (bicyclic) bond motifs is 1. The Morgan fingerprint density at radius 3 is 2.90 bits per heavy atom. The first-order chi connectivity index (χ1) is 10.2. The number of rotatable bonds is 7. The van der Waals surface area contributed by atoms with Gasteiger partial charge in [-0.3, -0.25) is 4.40 Å². The summed E-state index contributed by atoms with van der Waals surface area (Å²) in [6, 6.07) is 3.97. The van der Waals surface area contributed by atoms with E-state index in [1.807, 2.05) is 12.1 Å². The number of imidazole rings is 1. The maximum absolute atomic E-state index is 5.77. The zero-order chi connectivity index (χ0) is 14.8. The Morgan fingerprint density at radius 1 is 1.38 bits per heavy atom. The van der Waals surface area contributed by atoms with Gasteiger partial charge in [0.15, 0.2) is 11.4 Å². The molecule has 0 N–H and O–H groups in total. The van der Waals surface area contributed by atoms with Gasteiger partial charge in [-0.15, -0.1) is 0 Å². The molecule has 114 valence electrons. The van der Waals surface area contributed by atoms with Crippen LogP contribution in [0.2, 0.25) is 0 Å². The van der Waals surface area contributed by atoms with Crippen molar-refractivity contribution in [2.45, 2.75) is 19.8 Å². The molecule has 3 rings (SSSR count). The fourth-order valence-electron chi connectivity index (χ4n) is 2.73. The molecule has 1 aliphatic carbocycles. The van der Waals surface area contributed by atoms with Gasteiger partial charge >= 0.3 is 0 Å². The first-order valence-electron chi connectivity index (χ1n) is 7.51. The second kappa shape index (κ2) is 5.93. The van der Waals surface area contributed by atoms with Crippen LogP contribution in [0.1, 0.15) is 18.5 Å². The van der Waals surface area contributed by atoms with Gasteiger partial charge in [-0.2, -0.15) is 0 Å². The van der Waals surface area contributed by atoms with Crippen molar-refractivity contribution in [3.63, 3.8) is 0 Å². The van der Waals surface area contributed by atoms with Crippen molar-refractivity contribution in [2.75, 3.05) is 38.8 Å². The van der Waals surface area contributed by atoms with E-state index in [0.29, 0.717) is 13.2 Å². The van der Waals surface area contributed by atoms with E-state index in [0.717, 1.165) is 35.4 Å². The third-order valence-corrected chi connectivity index (χ3v) is 3.89. The molecule has 1 fully saturated rings. The molecule has 0 atom stereocenters. The molecular formula is C16H23N3O2. The van der Waals surface area contributed by atoms with Crippen LogP contribution in [0.25, 0.3) is 5.65 Å². The number of pyridine rings is 1. The highest BCUT2D eigenvalue weighted by atomic mass is 16.5. The second-order valence-electron chi connectivity index (χ2n) is 5.75. The number of nitrogens with zero attached hydrogens (tertiary/aromatic N) is 3. The molecule has 0 spiro atoms. The monoisotopic (exact) mass is 289 g/mol. The molecule has 21 heavy (non-hydrogen) atoms. The normalized spacial score (nSPS) is 14.6. The molecule has 0 saturated heterocycles. The third kappa shape index (κ3) is 2.97. The Hall–Kier alpha value is -1.75. The molecule has 5 heteroatoms. The van der Waals surface area contributed by atoms with Crippen LogP contribution in [-0.4, -0.2) is 43.3 Å². The number of anilines is 1. The fraction of sp³-hybridized carbons (Fsp3) is 0.562. The van der Waals surface area contributed by atoms with Gasteiger partial charge in [0.05, 0.1) is 12.3 Å². The predicted octanol–water partition coefficient (Wildman–Crippen LogP) is 2.51. The van der Waals surface area contributed by atoms with E-state index in [4.69, 9.17) is 14.5 Å². The fourth-order valence-corrected chi connectivity index (χ4v) is 2.73. The molecule has 2 heterocycles. The van der Waals surface area contributed by atoms with Crippen LogP contribution in [0.5, 0.6) is 5.75 Å². The maximum Gasteiger partial charge on any atom is 0.181 e. The summed E-state index contributed by atoms with van der Waals surface area (Å²) in [6.07, 6.45) is 4.76. The summed E-state index contributed by atoms with van der Waals surface area (Å²) in [5.41, 5.74) is 1.92. The van der Waals surface area contributed by atoms with Crippen molar-refractivity contribution in [1.82, 2.24) is 9.38 Å². The lowest BCUT2D eigenvalue weighted by Crippen LogP contribution is -2.22. The average molecular weight is 289 g/mol. The SMILES string of the molecule is COCCOc1cccn2c(N(C)CC3CC3)c(C)nc12. The van der Waals surface area contributed by atoms with Gasteiger partial charge in [-0.25, -0.2) is 4.98 Å². The van der Waals surface area contributed by atoms with Gasteiger partial charge in [0.1, 0.15) is 12.4 Å². The van der Waals surface area contributed by atoms with Crippen LogP contribution in [0.3, 0.4) is 0 Å². The Bertz CT molecular complexity index is 619. The summed E-state index contributed by atoms with van der Waals surface area (Å²) in [5.74, 6) is 2.82. The third-order valence-electron chi connectivity index (χ3n) is 3.89. The molecule has 5 nitrogen and oxygen atoms in total. The minimum Gasteiger partial charge on any atom is -0.487 e. The van der Waals surface area contributed by atoms with Crippen LogP contribution < -0.4 is 9.64 Å². The van der Waals surface area contributed by atoms with Gasteiger partial charge in [-0.1, -0.05) is 0 Å². The minimum absolute atomic E-state index is 0.537. The van der Waals surface area contributed by atoms with Crippen LogP contribution in [-0.2, 0) is 4.74 Å². The summed E-state index contributed by atoms with van der Waals surface area (Å²) in [4.78, 5) is 7.01. The second-order valence-corrected chi connectivity index (χ2v) is 5.75. The zero-order valence-corrected chi connectivity index (χ0v) is 13.0. The molecule has 0 radical (unpaired) electrons. The van der Waals surface area contributed by atoms with Crippen molar-refractivity contribution >= 4 is 11.5 Å². The first-order valence-corrected chi connectivity index (χ1v) is 7.51. The highest BCUT2D eigenvalue weighted by Crippen LogP contribution is 2.33. The highest BCUT2D eigenvalue weighted by molar-refractivity contribution is 5.63. The van der Waals surface area contributed by atoms with Crippen molar-refractivity contribution in [3.8, 4) is 5.75 Å². The summed E-state index contributed by atoms with van der Waals surface area (Å²) in [5, 5.41) is 0. The lowest BCUT2D eigenvalue weighted by atomic mass is 10.3. The van der Waals surface area contributed by atoms with Crippen molar-refractivity contribution in [2.24, 2.45) is 5.92 Å². The first kappa shape index (κ1) is 14.2. The molecule has 0 amide bonds. The van der Waals surface area contributed by atoms with Crippen molar-refractivity contribution in [1.29, 1.82) is 0 Å². The molecular weight excluding hydrogens is 266 g/mol. The Morgan fingerprint density at radius 2 is 2.19 bits per heavy atom. The molecule has 2 aromatic rings. The smallest absolute Gasteiger partial charge is 0.181 e. The molecule has 0 unspecified atom stereocenters. The van der Waals surface area contributed by atoms with Gasteiger partial charge in [0.2, 0.25) is 0 Å². The van der Waals surface area contributed by atoms with E-state index < -0.39 is 0 Å². The standard InChI is InChI=1S/C16H23N3O2/c1-12-16(18(2)11-13-6-7-13)19-8-4-5-14(15(19)17-12)21-10-9-20-3/h4-5,8,13H,6-7,9-11H2,1-3H3. The van der Waals surface area contributed by atoms with E-state index in [2.05, 4.69) is 29.5 Å². The number of hydrogen-bond donors (Lipinski definition) is 0. The van der Waals surface area contributed by atoms with E-state index in [-0.39, 0.29) is 0 Å². The Kier molecular flexibility index (Phi) is 4.01. The van der Waals surface area contributed by atoms with Crippen LogP contribution in [0.15, 0.2) is 18.3 Å². The quantitative estimate of drug-likeness (QED) is 0.734. The van der Waals surface area contributed by atoms with Crippen molar-refractivity contribution < 1.29 is 9.47 Å². The molecule has 0 aromatic carbocycles. The molecule has 1 saturated carbocycles. The average Bonchev–Trinajstić information content (AvgIpc) is 3.19. The largest absolute Gasteiger partial charge is 0.487 e. The minimum atomic E-state index is 0.537. The Balaban J connectivity index is 1.90. The maximum atomic E-state index is 5.77. The lowest BCUT2D eigenvalue weighted by Gasteiger charge is -2.19. The topological polar surface area (TPSA) is 39.0 Å². The van der Waals surface area contributed by atoms with E-state index in [1.54, 1.807) is 7.11 Å². The number of hydrogen-bond acceptors (Lipinski definition) is 4. The lowest BCUT2D eigenvalue weighted by molar-refractivity contribution is 0.147. The molecule has 0 bridgehead atoms. The molecule has 2 aromatic heterocycles. The number of aromatic nitrogens is 2. The van der Waals surface area contributed by atoms with Gasteiger partial charge in [0.25, 0.3) is 0 Å². The number of ether oxygens (including phenoxy) is 2. The van der Waals surface area contributed by atoms with Crippen LogP contribution in [0.4, 0.5) is 5.82 Å². The van der Waals surface area contributed by atoms with Gasteiger partial charge < -0.3 is 14.4 Å². The summed E-state index contributed by atoms with van der Waals surface area (Å²) in [7, 11) is 3.82. The highest BCUT2D eigenvalue weighted by Gasteiger charge is 2.25. The summed E-state index contributed by atoms with van der Waals surface area (Å²) in [6.45, 7) is 4.28. The molecule has 0 aliphatic heterocycles. The van der Waals surface area contributed by atoms with E-state index in [9.17, 15) is 0 Å². The van der Waals surface area contributed by atoms with Crippen LogP contribution >= 0.6 is 0 Å². The number of methoxy groups -OCH3 is 1. The summed E-state index contributed by atoms with van der Waals surface area (Å²) >= 11 is 0. The Labute approximate surface area is 125 Å². The molecule has 1 aliphatic rings. The van der Waals surface area contributed by atoms with Gasteiger partial charge in [-0.05, 0) is 37.8 Å². The summed E-state index contributed by atoms with van der Waals surface area (Å²) < 4.78 is 12.9. The van der Waals surface area contributed by atoms with E-state index in [1.165, 1.54) is 12.8 Å².